The van der Waals surface area contributed by atoms with Crippen molar-refractivity contribution < 1.29 is 47.4 Å². The first-order valence-corrected chi connectivity index (χ1v) is 21.9. The summed E-state index contributed by atoms with van der Waals surface area (Å²) in [6.45, 7) is 7.94. The molecule has 0 saturated heterocycles. The molecule has 6 aliphatic rings. The molecule has 4 aromatic carbocycles. The van der Waals surface area contributed by atoms with Gasteiger partial charge in [-0.25, -0.2) is 0 Å². The minimum Gasteiger partial charge on any atom is -0.487 e. The van der Waals surface area contributed by atoms with Crippen molar-refractivity contribution in [2.24, 2.45) is 10.8 Å². The Hall–Kier alpha value is -4.42. The zero-order valence-electron chi connectivity index (χ0n) is 34.6. The molecule has 0 bridgehead atoms. The smallest absolute Gasteiger partial charge is 0.161 e. The van der Waals surface area contributed by atoms with Gasteiger partial charge in [0.05, 0.1) is 79.3 Å². The van der Waals surface area contributed by atoms with E-state index in [-0.39, 0.29) is 10.8 Å². The Morgan fingerprint density at radius 3 is 0.833 bits per heavy atom. The Bertz CT molecular complexity index is 1950. The minimum absolute atomic E-state index is 0.115. The van der Waals surface area contributed by atoms with Crippen LogP contribution in [-0.4, -0.2) is 106 Å². The number of benzene rings is 4. The van der Waals surface area contributed by atoms with E-state index in [1.807, 2.05) is 0 Å². The van der Waals surface area contributed by atoms with Gasteiger partial charge >= 0.3 is 0 Å². The third kappa shape index (κ3) is 8.06. The molecule has 4 aliphatic carbocycles. The van der Waals surface area contributed by atoms with E-state index in [0.29, 0.717) is 106 Å². The number of hydrogen-bond acceptors (Lipinski definition) is 10. The summed E-state index contributed by atoms with van der Waals surface area (Å²) in [5, 5.41) is 0. The standard InChI is InChI=1S/C50H56O10/c1-3-7-41-35(5-1)29-49(31-37-25-43-44(26-38(37)32-49)58-22-18-54-14-10-51-9-13-53-17-21-57-43)47(41)48-42-8-4-2-6-36(42)30-50(48)33-39-27-45-46(28-40(39)34-50)60-24-20-56-16-12-52-11-15-55-19-23-59-45/h1-8,25-28H,9-24,29-34H2/b48-47+. The Kier molecular flexibility index (Phi) is 11.8. The number of allylic oxidation sites excluding steroid dienone is 2. The highest BCUT2D eigenvalue weighted by atomic mass is 16.6. The summed E-state index contributed by atoms with van der Waals surface area (Å²) < 4.78 is 60.0. The summed E-state index contributed by atoms with van der Waals surface area (Å²) >= 11 is 0. The predicted molar refractivity (Wildman–Crippen MR) is 227 cm³/mol. The van der Waals surface area contributed by atoms with Crippen LogP contribution >= 0.6 is 0 Å². The van der Waals surface area contributed by atoms with Crippen LogP contribution in [0.15, 0.2) is 72.8 Å². The fourth-order valence-corrected chi connectivity index (χ4v) is 10.6. The van der Waals surface area contributed by atoms with Crippen LogP contribution in [0, 0.1) is 10.8 Å². The molecule has 2 aliphatic heterocycles. The van der Waals surface area contributed by atoms with Crippen LogP contribution in [0.2, 0.25) is 0 Å². The van der Waals surface area contributed by atoms with Gasteiger partial charge in [-0.1, -0.05) is 48.5 Å². The van der Waals surface area contributed by atoms with Crippen molar-refractivity contribution in [1.29, 1.82) is 0 Å². The van der Waals surface area contributed by atoms with E-state index in [1.54, 1.807) is 0 Å². The zero-order valence-corrected chi connectivity index (χ0v) is 34.6. The second kappa shape index (κ2) is 17.9. The molecule has 0 saturated carbocycles. The molecule has 0 amide bonds. The first kappa shape index (κ1) is 39.7. The van der Waals surface area contributed by atoms with Crippen molar-refractivity contribution in [2.45, 2.75) is 38.5 Å². The van der Waals surface area contributed by atoms with Gasteiger partial charge in [-0.2, -0.15) is 0 Å². The molecule has 2 heterocycles. The Morgan fingerprint density at radius 2 is 0.533 bits per heavy atom. The molecule has 10 rings (SSSR count). The van der Waals surface area contributed by atoms with Gasteiger partial charge in [-0.05, 0) is 118 Å². The molecule has 10 nitrogen and oxygen atoms in total. The van der Waals surface area contributed by atoms with Crippen LogP contribution in [0.25, 0.3) is 11.1 Å². The predicted octanol–water partition coefficient (Wildman–Crippen LogP) is 6.92. The van der Waals surface area contributed by atoms with Crippen molar-refractivity contribution >= 4 is 11.1 Å². The highest BCUT2D eigenvalue weighted by Gasteiger charge is 2.54. The van der Waals surface area contributed by atoms with Crippen LogP contribution in [0.3, 0.4) is 0 Å². The van der Waals surface area contributed by atoms with E-state index >= 15 is 0 Å². The topological polar surface area (TPSA) is 92.3 Å². The van der Waals surface area contributed by atoms with Gasteiger partial charge < -0.3 is 47.4 Å². The van der Waals surface area contributed by atoms with Gasteiger partial charge in [0.25, 0.3) is 0 Å². The molecular formula is C50H56O10. The first-order valence-electron chi connectivity index (χ1n) is 21.9. The maximum atomic E-state index is 6.40. The summed E-state index contributed by atoms with van der Waals surface area (Å²) in [7, 11) is 0. The van der Waals surface area contributed by atoms with E-state index < -0.39 is 0 Å². The number of ether oxygens (including phenoxy) is 10. The average molecular weight is 817 g/mol. The van der Waals surface area contributed by atoms with Gasteiger partial charge in [0.15, 0.2) is 23.0 Å². The van der Waals surface area contributed by atoms with Gasteiger partial charge in [-0.3, -0.25) is 0 Å². The van der Waals surface area contributed by atoms with Crippen molar-refractivity contribution in [3.05, 3.63) is 117 Å². The molecule has 0 aromatic heterocycles. The quantitative estimate of drug-likeness (QED) is 0.186. The lowest BCUT2D eigenvalue weighted by atomic mass is 9.68. The molecule has 0 atom stereocenters. The van der Waals surface area contributed by atoms with Crippen molar-refractivity contribution in [2.75, 3.05) is 106 Å². The van der Waals surface area contributed by atoms with Gasteiger partial charge in [0, 0.05) is 10.8 Å². The highest BCUT2D eigenvalue weighted by Crippen LogP contribution is 2.65. The third-order valence-electron chi connectivity index (χ3n) is 13.0. The van der Waals surface area contributed by atoms with E-state index in [2.05, 4.69) is 72.8 Å². The van der Waals surface area contributed by atoms with Crippen LogP contribution in [0.4, 0.5) is 0 Å². The van der Waals surface area contributed by atoms with Crippen molar-refractivity contribution in [3.63, 3.8) is 0 Å². The summed E-state index contributed by atoms with van der Waals surface area (Å²) in [5.74, 6) is 3.08. The highest BCUT2D eigenvalue weighted by molar-refractivity contribution is 6.01. The number of rotatable bonds is 0. The SMILES string of the molecule is c1ccc2c(c1)CC1(Cc3cc4c(cc3C1)OCCOCCOCCOCCO4)/C2=C1\c2ccccc2CC12Cc1cc3c(cc1C2)OCCOCCOCCOCCO3. The minimum atomic E-state index is -0.115. The Balaban J connectivity index is 1.02. The maximum Gasteiger partial charge on any atom is 0.161 e. The number of hydrogen-bond donors (Lipinski definition) is 0. The molecule has 10 heteroatoms. The van der Waals surface area contributed by atoms with Gasteiger partial charge in [0.1, 0.15) is 26.4 Å². The fourth-order valence-electron chi connectivity index (χ4n) is 10.6. The van der Waals surface area contributed by atoms with Gasteiger partial charge in [0.2, 0.25) is 0 Å². The van der Waals surface area contributed by atoms with Crippen LogP contribution < -0.4 is 18.9 Å². The molecule has 60 heavy (non-hydrogen) atoms. The van der Waals surface area contributed by atoms with E-state index in [4.69, 9.17) is 47.4 Å². The molecular weight excluding hydrogens is 761 g/mol. The molecule has 2 spiro atoms. The second-order valence-corrected chi connectivity index (χ2v) is 16.9. The summed E-state index contributed by atoms with van der Waals surface area (Å²) in [4.78, 5) is 0. The van der Waals surface area contributed by atoms with E-state index in [0.717, 1.165) is 61.5 Å². The van der Waals surface area contributed by atoms with Crippen LogP contribution in [-0.2, 0) is 66.9 Å². The molecule has 0 fully saturated rings. The lowest BCUT2D eigenvalue weighted by Crippen LogP contribution is -2.27. The summed E-state index contributed by atoms with van der Waals surface area (Å²) in [6, 6.07) is 27.3. The number of fused-ring (bicyclic) bond motifs is 6. The largest absolute Gasteiger partial charge is 0.487 e. The average Bonchev–Trinajstić information content (AvgIpc) is 3.97. The molecule has 0 unspecified atom stereocenters. The van der Waals surface area contributed by atoms with Crippen LogP contribution in [0.5, 0.6) is 23.0 Å². The molecule has 316 valence electrons. The van der Waals surface area contributed by atoms with Crippen LogP contribution in [0.1, 0.15) is 44.5 Å². The molecule has 4 aromatic rings. The first-order chi connectivity index (χ1) is 29.7. The fraction of sp³-hybridized carbons (Fsp3) is 0.480. The lowest BCUT2D eigenvalue weighted by Gasteiger charge is -2.34. The third-order valence-corrected chi connectivity index (χ3v) is 13.0. The summed E-state index contributed by atoms with van der Waals surface area (Å²) in [5.41, 5.74) is 13.8. The summed E-state index contributed by atoms with van der Waals surface area (Å²) in [6.07, 6.45) is 5.71. The zero-order chi connectivity index (χ0) is 40.2. The van der Waals surface area contributed by atoms with E-state index in [9.17, 15) is 0 Å². The monoisotopic (exact) mass is 816 g/mol. The Labute approximate surface area is 353 Å². The lowest BCUT2D eigenvalue weighted by molar-refractivity contribution is 0.00708. The molecule has 0 radical (unpaired) electrons. The second-order valence-electron chi connectivity index (χ2n) is 16.9. The van der Waals surface area contributed by atoms with Crippen molar-refractivity contribution in [1.82, 2.24) is 0 Å². The van der Waals surface area contributed by atoms with Crippen molar-refractivity contribution in [3.8, 4) is 23.0 Å². The maximum absolute atomic E-state index is 6.40. The van der Waals surface area contributed by atoms with Gasteiger partial charge in [-0.15, -0.1) is 0 Å². The Morgan fingerprint density at radius 1 is 0.283 bits per heavy atom. The van der Waals surface area contributed by atoms with E-state index in [1.165, 1.54) is 55.7 Å². The molecule has 0 N–H and O–H groups in total. The normalized spacial score (nSPS) is 23.1.